The van der Waals surface area contributed by atoms with E-state index in [2.05, 4.69) is 11.1 Å². The van der Waals surface area contributed by atoms with Gasteiger partial charge in [-0.1, -0.05) is 44.5 Å². The van der Waals surface area contributed by atoms with Gasteiger partial charge < -0.3 is 4.98 Å². The highest BCUT2D eigenvalue weighted by molar-refractivity contribution is 7.07. The second-order valence-electron chi connectivity index (χ2n) is 6.55. The van der Waals surface area contributed by atoms with Crippen molar-refractivity contribution in [1.82, 2.24) is 4.98 Å². The van der Waals surface area contributed by atoms with Crippen molar-refractivity contribution in [1.29, 1.82) is 0 Å². The topological polar surface area (TPSA) is 49.9 Å². The number of aromatic nitrogens is 1. The van der Waals surface area contributed by atoms with Crippen LogP contribution in [0.3, 0.4) is 0 Å². The van der Waals surface area contributed by atoms with E-state index in [0.717, 1.165) is 16.7 Å². The summed E-state index contributed by atoms with van der Waals surface area (Å²) in [6.07, 6.45) is 3.40. The summed E-state index contributed by atoms with van der Waals surface area (Å²) in [7, 11) is 0. The number of H-pyrrole nitrogens is 1. The van der Waals surface area contributed by atoms with Crippen LogP contribution in [0.5, 0.6) is 0 Å². The molecule has 1 N–H and O–H groups in total. The number of carbonyl (C=O) groups is 1. The van der Waals surface area contributed by atoms with Gasteiger partial charge in [0.25, 0.3) is 5.56 Å². The Morgan fingerprint density at radius 3 is 2.55 bits per heavy atom. The molecule has 2 rings (SSSR count). The van der Waals surface area contributed by atoms with Crippen molar-refractivity contribution in [3.63, 3.8) is 0 Å². The first-order valence-electron chi connectivity index (χ1n) is 7.21. The van der Waals surface area contributed by atoms with E-state index >= 15 is 0 Å². The number of hydrogen-bond acceptors (Lipinski definition) is 3. The van der Waals surface area contributed by atoms with Gasteiger partial charge in [0.15, 0.2) is 5.78 Å². The van der Waals surface area contributed by atoms with Gasteiger partial charge in [-0.25, -0.2) is 0 Å². The number of hydrogen-bond donors (Lipinski definition) is 1. The fourth-order valence-corrected chi connectivity index (χ4v) is 2.79. The molecule has 1 aromatic carbocycles. The number of aromatic amines is 1. The van der Waals surface area contributed by atoms with Crippen LogP contribution >= 0.6 is 11.3 Å². The number of nitrogens with one attached hydrogen (secondary N) is 1. The summed E-state index contributed by atoms with van der Waals surface area (Å²) >= 11 is 1.31. The van der Waals surface area contributed by atoms with E-state index in [-0.39, 0.29) is 11.3 Å². The second-order valence-corrected chi connectivity index (χ2v) is 7.63. The standard InChI is InChI=1S/C18H21NO2S/c1-11-6-7-12(2)13(8-11)9-14-17(21)19-16(22-14)10-15(20)18(3,4)5/h6-10H,1-5H3,(H,19,21)/b14-9-,16-10-. The first-order valence-corrected chi connectivity index (χ1v) is 8.03. The molecule has 0 spiro atoms. The Hall–Kier alpha value is -1.94. The molecule has 0 radical (unpaired) electrons. The third-order valence-electron chi connectivity index (χ3n) is 3.40. The summed E-state index contributed by atoms with van der Waals surface area (Å²) in [5, 5.41) is 0. The van der Waals surface area contributed by atoms with Gasteiger partial charge in [0, 0.05) is 11.5 Å². The number of benzene rings is 1. The van der Waals surface area contributed by atoms with Crippen molar-refractivity contribution in [2.45, 2.75) is 34.6 Å². The zero-order valence-corrected chi connectivity index (χ0v) is 14.4. The molecule has 0 aliphatic carbocycles. The Morgan fingerprint density at radius 2 is 1.91 bits per heavy atom. The van der Waals surface area contributed by atoms with E-state index in [0.29, 0.717) is 9.20 Å². The lowest BCUT2D eigenvalue weighted by molar-refractivity contribution is -0.119. The van der Waals surface area contributed by atoms with Crippen LogP contribution in [-0.2, 0) is 4.79 Å². The molecule has 0 unspecified atom stereocenters. The molecule has 116 valence electrons. The van der Waals surface area contributed by atoms with Crippen LogP contribution in [-0.4, -0.2) is 10.8 Å². The van der Waals surface area contributed by atoms with E-state index in [1.54, 1.807) is 0 Å². The summed E-state index contributed by atoms with van der Waals surface area (Å²) in [4.78, 5) is 26.9. The molecule has 0 bridgehead atoms. The number of rotatable bonds is 2. The average Bonchev–Trinajstić information content (AvgIpc) is 2.73. The van der Waals surface area contributed by atoms with Crippen LogP contribution in [0.2, 0.25) is 0 Å². The summed E-state index contributed by atoms with van der Waals surface area (Å²) in [5.74, 6) is 0.00304. The SMILES string of the molecule is Cc1ccc(C)c(/C=c2\s/c(=C\C(=O)C(C)(C)C)[nH]c2=O)c1. The number of aryl methyl sites for hydroxylation is 2. The van der Waals surface area contributed by atoms with E-state index in [1.165, 1.54) is 17.4 Å². The molecular weight excluding hydrogens is 294 g/mol. The lowest BCUT2D eigenvalue weighted by Crippen LogP contribution is -2.22. The number of carbonyl (C=O) groups excluding carboxylic acids is 1. The maximum absolute atomic E-state index is 12.1. The van der Waals surface area contributed by atoms with Gasteiger partial charge in [-0.2, -0.15) is 0 Å². The lowest BCUT2D eigenvalue weighted by atomic mass is 9.91. The molecule has 0 fully saturated rings. The quantitative estimate of drug-likeness (QED) is 0.924. The molecule has 2 aromatic rings. The Balaban J connectivity index is 2.54. The van der Waals surface area contributed by atoms with Gasteiger partial charge in [0.2, 0.25) is 0 Å². The van der Waals surface area contributed by atoms with Gasteiger partial charge in [0.1, 0.15) is 0 Å². The van der Waals surface area contributed by atoms with Gasteiger partial charge in [-0.05, 0) is 31.1 Å². The molecule has 0 saturated carbocycles. The first-order chi connectivity index (χ1) is 10.2. The third kappa shape index (κ3) is 3.83. The van der Waals surface area contributed by atoms with Gasteiger partial charge in [-0.15, -0.1) is 11.3 Å². The highest BCUT2D eigenvalue weighted by Gasteiger charge is 2.18. The van der Waals surface area contributed by atoms with Crippen molar-refractivity contribution in [3.05, 3.63) is 54.4 Å². The fraction of sp³-hybridized carbons (Fsp3) is 0.333. The molecule has 4 heteroatoms. The molecule has 22 heavy (non-hydrogen) atoms. The molecule has 0 aliphatic heterocycles. The van der Waals surface area contributed by atoms with Crippen molar-refractivity contribution >= 4 is 29.3 Å². The van der Waals surface area contributed by atoms with Gasteiger partial charge in [-0.3, -0.25) is 9.59 Å². The van der Waals surface area contributed by atoms with Crippen molar-refractivity contribution < 1.29 is 4.79 Å². The Labute approximate surface area is 134 Å². The third-order valence-corrected chi connectivity index (χ3v) is 4.37. The smallest absolute Gasteiger partial charge is 0.266 e. The molecule has 3 nitrogen and oxygen atoms in total. The minimum absolute atomic E-state index is 0.00304. The van der Waals surface area contributed by atoms with E-state index in [1.807, 2.05) is 52.8 Å². The Kier molecular flexibility index (Phi) is 4.52. The number of ketones is 1. The summed E-state index contributed by atoms with van der Waals surface area (Å²) in [6.45, 7) is 9.63. The largest absolute Gasteiger partial charge is 0.313 e. The average molecular weight is 315 g/mol. The molecule has 1 aromatic heterocycles. The number of thiazole rings is 1. The van der Waals surface area contributed by atoms with Crippen LogP contribution < -0.4 is 14.8 Å². The predicted octanol–water partition coefficient (Wildman–Crippen LogP) is 2.28. The van der Waals surface area contributed by atoms with Crippen LogP contribution in [0.25, 0.3) is 12.2 Å². The maximum atomic E-state index is 12.1. The zero-order valence-electron chi connectivity index (χ0n) is 13.6. The normalized spacial score (nSPS) is 13.7. The minimum Gasteiger partial charge on any atom is -0.313 e. The summed E-state index contributed by atoms with van der Waals surface area (Å²) in [6, 6.07) is 6.14. The lowest BCUT2D eigenvalue weighted by Gasteiger charge is -2.12. The highest BCUT2D eigenvalue weighted by Crippen LogP contribution is 2.14. The molecular formula is C18H21NO2S. The van der Waals surface area contributed by atoms with E-state index < -0.39 is 5.41 Å². The Morgan fingerprint density at radius 1 is 1.23 bits per heavy atom. The van der Waals surface area contributed by atoms with Crippen molar-refractivity contribution in [3.8, 4) is 0 Å². The predicted molar refractivity (Wildman–Crippen MR) is 92.6 cm³/mol. The Bertz CT molecular complexity index is 879. The first kappa shape index (κ1) is 16.4. The monoisotopic (exact) mass is 315 g/mol. The van der Waals surface area contributed by atoms with Crippen LogP contribution in [0, 0.1) is 19.3 Å². The summed E-state index contributed by atoms with van der Waals surface area (Å²) in [5.41, 5.74) is 2.70. The molecule has 0 amide bonds. The van der Waals surface area contributed by atoms with Crippen LogP contribution in [0.1, 0.15) is 37.5 Å². The van der Waals surface area contributed by atoms with Crippen LogP contribution in [0.4, 0.5) is 0 Å². The maximum Gasteiger partial charge on any atom is 0.266 e. The fourth-order valence-electron chi connectivity index (χ4n) is 1.92. The van der Waals surface area contributed by atoms with Gasteiger partial charge in [0.05, 0.1) is 9.20 Å². The molecule has 0 atom stereocenters. The van der Waals surface area contributed by atoms with Crippen molar-refractivity contribution in [2.75, 3.05) is 0 Å². The molecule has 0 saturated heterocycles. The van der Waals surface area contributed by atoms with E-state index in [4.69, 9.17) is 0 Å². The second kappa shape index (κ2) is 6.05. The minimum atomic E-state index is -0.447. The number of Topliss-reactive ketones (excluding diaryl/α,β-unsaturated/α-hetero) is 1. The highest BCUT2D eigenvalue weighted by atomic mass is 32.1. The summed E-state index contributed by atoms with van der Waals surface area (Å²) < 4.78 is 1.21. The van der Waals surface area contributed by atoms with E-state index in [9.17, 15) is 9.59 Å². The van der Waals surface area contributed by atoms with Crippen molar-refractivity contribution in [2.24, 2.45) is 5.41 Å². The molecule has 1 heterocycles. The van der Waals surface area contributed by atoms with Gasteiger partial charge >= 0.3 is 0 Å². The molecule has 0 aliphatic rings. The van der Waals surface area contributed by atoms with Crippen LogP contribution in [0.15, 0.2) is 23.0 Å². The zero-order chi connectivity index (χ0) is 16.5.